The second-order valence-corrected chi connectivity index (χ2v) is 5.70. The summed E-state index contributed by atoms with van der Waals surface area (Å²) in [4.78, 5) is 18.4. The van der Waals surface area contributed by atoms with Crippen molar-refractivity contribution in [2.24, 2.45) is 11.8 Å². The fourth-order valence-electron chi connectivity index (χ4n) is 3.21. The molecule has 0 saturated carbocycles. The summed E-state index contributed by atoms with van der Waals surface area (Å²) in [5, 5.41) is 7.30. The number of rotatable bonds is 2. The highest BCUT2D eigenvalue weighted by Gasteiger charge is 2.38. The highest BCUT2D eigenvalue weighted by atomic mass is 35.5. The van der Waals surface area contributed by atoms with E-state index in [9.17, 15) is 4.79 Å². The molecule has 2 fully saturated rings. The van der Waals surface area contributed by atoms with E-state index in [1.807, 2.05) is 17.0 Å². The molecule has 2 aromatic heterocycles. The van der Waals surface area contributed by atoms with E-state index in [0.717, 1.165) is 31.7 Å². The third-order valence-electron chi connectivity index (χ3n) is 4.37. The van der Waals surface area contributed by atoms with Crippen LogP contribution in [0.4, 0.5) is 0 Å². The molecule has 4 rings (SSSR count). The molecule has 0 radical (unpaired) electrons. The lowest BCUT2D eigenvalue weighted by molar-refractivity contribution is 0.0771. The summed E-state index contributed by atoms with van der Waals surface area (Å²) in [5.74, 6) is 1.73. The average molecular weight is 357 g/mol. The normalized spacial score (nSPS) is 22.2. The van der Waals surface area contributed by atoms with Gasteiger partial charge in [0, 0.05) is 50.2 Å². The van der Waals surface area contributed by atoms with Crippen LogP contribution in [0.1, 0.15) is 10.5 Å². The molecule has 6 nitrogen and oxygen atoms in total. The number of nitrogens with one attached hydrogen (secondary N) is 1. The van der Waals surface area contributed by atoms with Crippen LogP contribution in [0.3, 0.4) is 0 Å². The Hall–Kier alpha value is -1.63. The number of pyridine rings is 1. The van der Waals surface area contributed by atoms with Crippen LogP contribution in [0.15, 0.2) is 35.1 Å². The fraction of sp³-hybridized carbons (Fsp3) is 0.400. The minimum Gasteiger partial charge on any atom is -0.355 e. The lowest BCUT2D eigenvalue weighted by Crippen LogP contribution is -2.32. The van der Waals surface area contributed by atoms with Crippen LogP contribution in [0.2, 0.25) is 0 Å². The number of hydrogen-bond acceptors (Lipinski definition) is 5. The summed E-state index contributed by atoms with van der Waals surface area (Å²) in [6.07, 6.45) is 3.38. The molecule has 0 unspecified atom stereocenters. The van der Waals surface area contributed by atoms with Gasteiger partial charge in [-0.2, -0.15) is 0 Å². The van der Waals surface area contributed by atoms with Gasteiger partial charge in [-0.3, -0.25) is 9.78 Å². The quantitative estimate of drug-likeness (QED) is 0.889. The number of aromatic nitrogens is 2. The molecule has 0 spiro atoms. The second kappa shape index (κ2) is 7.29. The summed E-state index contributed by atoms with van der Waals surface area (Å²) in [5.41, 5.74) is 1.26. The monoisotopic (exact) mass is 356 g/mol. The molecule has 8 heteroatoms. The molecule has 0 bridgehead atoms. The van der Waals surface area contributed by atoms with Crippen molar-refractivity contribution in [1.29, 1.82) is 0 Å². The van der Waals surface area contributed by atoms with Crippen molar-refractivity contribution in [2.45, 2.75) is 0 Å². The average Bonchev–Trinajstić information content (AvgIpc) is 3.22. The SMILES string of the molecule is Cl.Cl.O=C(c1cc(-c2ccncc2)on1)N1C[C@H]2CNC[C@H]2C1. The summed E-state index contributed by atoms with van der Waals surface area (Å²) < 4.78 is 5.29. The van der Waals surface area contributed by atoms with E-state index in [0.29, 0.717) is 23.3 Å². The van der Waals surface area contributed by atoms with Crippen LogP contribution in [-0.4, -0.2) is 47.1 Å². The van der Waals surface area contributed by atoms with Crippen molar-refractivity contribution in [3.63, 3.8) is 0 Å². The van der Waals surface area contributed by atoms with Crippen molar-refractivity contribution in [3.8, 4) is 11.3 Å². The van der Waals surface area contributed by atoms with Gasteiger partial charge in [-0.1, -0.05) is 5.16 Å². The van der Waals surface area contributed by atoms with Crippen molar-refractivity contribution in [3.05, 3.63) is 36.3 Å². The molecule has 2 atom stereocenters. The molecule has 2 saturated heterocycles. The van der Waals surface area contributed by atoms with Gasteiger partial charge in [0.15, 0.2) is 11.5 Å². The number of carbonyl (C=O) groups excluding carboxylic acids is 1. The highest BCUT2D eigenvalue weighted by Crippen LogP contribution is 2.28. The largest absolute Gasteiger partial charge is 0.355 e. The Kier molecular flexibility index (Phi) is 5.62. The molecule has 124 valence electrons. The van der Waals surface area contributed by atoms with Crippen LogP contribution in [0, 0.1) is 11.8 Å². The molecule has 0 aromatic carbocycles. The number of halogens is 2. The first kappa shape index (κ1) is 17.7. The van der Waals surface area contributed by atoms with Crippen LogP contribution >= 0.6 is 24.8 Å². The zero-order valence-electron chi connectivity index (χ0n) is 12.3. The molecule has 2 aromatic rings. The van der Waals surface area contributed by atoms with Gasteiger partial charge < -0.3 is 14.7 Å². The maximum Gasteiger partial charge on any atom is 0.276 e. The molecule has 23 heavy (non-hydrogen) atoms. The Labute approximate surface area is 146 Å². The van der Waals surface area contributed by atoms with E-state index in [-0.39, 0.29) is 30.7 Å². The van der Waals surface area contributed by atoms with E-state index in [2.05, 4.69) is 15.5 Å². The van der Waals surface area contributed by atoms with Crippen molar-refractivity contribution >= 4 is 30.7 Å². The second-order valence-electron chi connectivity index (χ2n) is 5.70. The van der Waals surface area contributed by atoms with Gasteiger partial charge in [0.2, 0.25) is 0 Å². The Bertz CT molecular complexity index is 653. The van der Waals surface area contributed by atoms with Crippen LogP contribution in [-0.2, 0) is 0 Å². The van der Waals surface area contributed by atoms with Gasteiger partial charge in [0.1, 0.15) is 0 Å². The van der Waals surface area contributed by atoms with E-state index < -0.39 is 0 Å². The molecule has 2 aliphatic heterocycles. The Morgan fingerprint density at radius 1 is 1.17 bits per heavy atom. The van der Waals surface area contributed by atoms with Crippen LogP contribution < -0.4 is 5.32 Å². The van der Waals surface area contributed by atoms with Gasteiger partial charge in [0.25, 0.3) is 5.91 Å². The van der Waals surface area contributed by atoms with Gasteiger partial charge >= 0.3 is 0 Å². The maximum atomic E-state index is 12.5. The molecule has 0 aliphatic carbocycles. The Morgan fingerprint density at radius 2 is 1.83 bits per heavy atom. The van der Waals surface area contributed by atoms with Gasteiger partial charge in [-0.25, -0.2) is 0 Å². The summed E-state index contributed by atoms with van der Waals surface area (Å²) in [6.45, 7) is 3.65. The van der Waals surface area contributed by atoms with E-state index in [4.69, 9.17) is 4.52 Å². The molecule has 4 heterocycles. The Morgan fingerprint density at radius 3 is 2.48 bits per heavy atom. The molecular formula is C15H18Cl2N4O2. The highest BCUT2D eigenvalue weighted by molar-refractivity contribution is 5.93. The summed E-state index contributed by atoms with van der Waals surface area (Å²) >= 11 is 0. The minimum absolute atomic E-state index is 0. The van der Waals surface area contributed by atoms with Gasteiger partial charge in [-0.05, 0) is 24.0 Å². The van der Waals surface area contributed by atoms with Crippen LogP contribution in [0.5, 0.6) is 0 Å². The number of nitrogens with zero attached hydrogens (tertiary/aromatic N) is 3. The van der Waals surface area contributed by atoms with Gasteiger partial charge in [-0.15, -0.1) is 24.8 Å². The third kappa shape index (κ3) is 3.34. The van der Waals surface area contributed by atoms with E-state index in [1.54, 1.807) is 18.5 Å². The lowest BCUT2D eigenvalue weighted by Gasteiger charge is -2.15. The number of fused-ring (bicyclic) bond motifs is 1. The minimum atomic E-state index is -0.0338. The number of carbonyl (C=O) groups is 1. The molecule has 1 N–H and O–H groups in total. The number of hydrogen-bond donors (Lipinski definition) is 1. The van der Waals surface area contributed by atoms with Crippen molar-refractivity contribution in [2.75, 3.05) is 26.2 Å². The maximum absolute atomic E-state index is 12.5. The fourth-order valence-corrected chi connectivity index (χ4v) is 3.21. The summed E-state index contributed by atoms with van der Waals surface area (Å²) in [7, 11) is 0. The number of amides is 1. The molecule has 2 aliphatic rings. The predicted octanol–water partition coefficient (Wildman–Crippen LogP) is 1.87. The zero-order chi connectivity index (χ0) is 14.2. The third-order valence-corrected chi connectivity index (χ3v) is 4.37. The van der Waals surface area contributed by atoms with Crippen molar-refractivity contribution < 1.29 is 9.32 Å². The number of likely N-dealkylation sites (tertiary alicyclic amines) is 1. The van der Waals surface area contributed by atoms with Crippen LogP contribution in [0.25, 0.3) is 11.3 Å². The predicted molar refractivity (Wildman–Crippen MR) is 90.0 cm³/mol. The van der Waals surface area contributed by atoms with Crippen molar-refractivity contribution in [1.82, 2.24) is 20.4 Å². The van der Waals surface area contributed by atoms with E-state index in [1.165, 1.54) is 0 Å². The Balaban J connectivity index is 0.000000960. The molecule has 1 amide bonds. The first-order chi connectivity index (χ1) is 10.3. The smallest absolute Gasteiger partial charge is 0.276 e. The topological polar surface area (TPSA) is 71.3 Å². The first-order valence-corrected chi connectivity index (χ1v) is 7.18. The first-order valence-electron chi connectivity index (χ1n) is 7.18. The van der Waals surface area contributed by atoms with Gasteiger partial charge in [0.05, 0.1) is 0 Å². The molecular weight excluding hydrogens is 339 g/mol. The zero-order valence-corrected chi connectivity index (χ0v) is 14.0. The standard InChI is InChI=1S/C15H16N4O2.2ClH/c20-15(19-8-11-6-17-7-12(11)9-19)13-5-14(21-18-13)10-1-3-16-4-2-10;;/h1-5,11-12,17H,6-9H2;2*1H/t11-,12+;;. The summed E-state index contributed by atoms with van der Waals surface area (Å²) in [6, 6.07) is 5.38. The lowest BCUT2D eigenvalue weighted by atomic mass is 10.0. The van der Waals surface area contributed by atoms with E-state index >= 15 is 0 Å².